The molecule has 0 fully saturated rings. The molecule has 11 heteroatoms. The zero-order valence-corrected chi connectivity index (χ0v) is 18.5. The van der Waals surface area contributed by atoms with Crippen molar-refractivity contribution < 1.29 is 22.4 Å². The van der Waals surface area contributed by atoms with E-state index < -0.39 is 21.7 Å². The topological polar surface area (TPSA) is 102 Å². The van der Waals surface area contributed by atoms with Gasteiger partial charge in [-0.25, -0.2) is 13.2 Å². The fraction of sp³-hybridized carbons (Fsp3) is 0.368. The van der Waals surface area contributed by atoms with Crippen LogP contribution in [-0.4, -0.2) is 62.5 Å². The van der Waals surface area contributed by atoms with Gasteiger partial charge in [-0.15, -0.1) is 11.3 Å². The van der Waals surface area contributed by atoms with Crippen molar-refractivity contribution in [2.75, 3.05) is 34.3 Å². The standard InChI is InChI=1S/C19H23N3O6S2/c1-20(2)8-9-21(12-14-5-4-10-29-14)30(25,26)15-6-7-16-17(11-15)28-19(24)22(16)13-18(23)27-3/h4-7,10-11H,8-9,12-13H2,1-3H3. The van der Waals surface area contributed by atoms with Gasteiger partial charge in [-0.3, -0.25) is 9.36 Å². The molecule has 0 aliphatic rings. The summed E-state index contributed by atoms with van der Waals surface area (Å²) in [6, 6.07) is 7.96. The van der Waals surface area contributed by atoms with Crippen LogP contribution >= 0.6 is 11.3 Å². The van der Waals surface area contributed by atoms with Crippen LogP contribution in [0.25, 0.3) is 11.1 Å². The van der Waals surface area contributed by atoms with E-state index in [1.165, 1.54) is 41.0 Å². The van der Waals surface area contributed by atoms with Gasteiger partial charge >= 0.3 is 11.7 Å². The molecule has 0 amide bonds. The molecule has 1 aromatic carbocycles. The van der Waals surface area contributed by atoms with E-state index in [2.05, 4.69) is 4.74 Å². The third-order valence-corrected chi connectivity index (χ3v) is 7.20. The lowest BCUT2D eigenvalue weighted by Gasteiger charge is -2.23. The number of aromatic nitrogens is 1. The Morgan fingerprint density at radius 2 is 2.00 bits per heavy atom. The number of hydrogen-bond donors (Lipinski definition) is 0. The van der Waals surface area contributed by atoms with E-state index in [9.17, 15) is 18.0 Å². The first kappa shape index (κ1) is 22.2. The second-order valence-electron chi connectivity index (χ2n) is 6.88. The van der Waals surface area contributed by atoms with Gasteiger partial charge in [0.1, 0.15) is 6.54 Å². The largest absolute Gasteiger partial charge is 0.468 e. The van der Waals surface area contributed by atoms with Crippen LogP contribution in [0.3, 0.4) is 0 Å². The number of oxazole rings is 1. The lowest BCUT2D eigenvalue weighted by Crippen LogP contribution is -2.36. The first-order valence-corrected chi connectivity index (χ1v) is 11.4. The number of benzene rings is 1. The van der Waals surface area contributed by atoms with Gasteiger partial charge in [0.15, 0.2) is 5.58 Å². The molecule has 0 saturated carbocycles. The average Bonchev–Trinajstić information content (AvgIpc) is 3.32. The summed E-state index contributed by atoms with van der Waals surface area (Å²) in [7, 11) is 1.12. The highest BCUT2D eigenvalue weighted by atomic mass is 32.2. The van der Waals surface area contributed by atoms with Crippen LogP contribution in [0.5, 0.6) is 0 Å². The van der Waals surface area contributed by atoms with E-state index in [1.54, 1.807) is 0 Å². The van der Waals surface area contributed by atoms with Crippen LogP contribution in [-0.2, 0) is 32.6 Å². The zero-order chi connectivity index (χ0) is 21.9. The maximum Gasteiger partial charge on any atom is 0.420 e. The molecule has 3 rings (SSSR count). The number of likely N-dealkylation sites (N-methyl/N-ethyl adjacent to an activating group) is 1. The third-order valence-electron chi connectivity index (χ3n) is 4.50. The Morgan fingerprint density at radius 3 is 2.63 bits per heavy atom. The molecular weight excluding hydrogens is 430 g/mol. The summed E-state index contributed by atoms with van der Waals surface area (Å²) in [5.41, 5.74) is 0.413. The first-order valence-electron chi connectivity index (χ1n) is 9.10. The maximum absolute atomic E-state index is 13.3. The van der Waals surface area contributed by atoms with Gasteiger partial charge in [-0.05, 0) is 37.7 Å². The number of sulfonamides is 1. The highest BCUT2D eigenvalue weighted by molar-refractivity contribution is 7.89. The number of rotatable bonds is 9. The fourth-order valence-corrected chi connectivity index (χ4v) is 5.10. The van der Waals surface area contributed by atoms with Gasteiger partial charge in [0.25, 0.3) is 0 Å². The molecule has 3 aromatic rings. The van der Waals surface area contributed by atoms with Gasteiger partial charge in [0.2, 0.25) is 10.0 Å². The number of methoxy groups -OCH3 is 1. The summed E-state index contributed by atoms with van der Waals surface area (Å²) in [5.74, 6) is -1.37. The Balaban J connectivity index is 1.97. The highest BCUT2D eigenvalue weighted by Crippen LogP contribution is 2.24. The number of carbonyl (C=O) groups excluding carboxylic acids is 1. The van der Waals surface area contributed by atoms with Crippen LogP contribution in [0.2, 0.25) is 0 Å². The molecule has 0 radical (unpaired) electrons. The van der Waals surface area contributed by atoms with E-state index in [0.29, 0.717) is 18.6 Å². The molecule has 0 spiro atoms. The van der Waals surface area contributed by atoms with Crippen molar-refractivity contribution in [3.63, 3.8) is 0 Å². The molecule has 162 valence electrons. The number of fused-ring (bicyclic) bond motifs is 1. The Bertz CT molecular complexity index is 1180. The number of esters is 1. The molecule has 30 heavy (non-hydrogen) atoms. The van der Waals surface area contributed by atoms with E-state index in [-0.39, 0.29) is 23.6 Å². The van der Waals surface area contributed by atoms with Crippen molar-refractivity contribution in [2.24, 2.45) is 0 Å². The van der Waals surface area contributed by atoms with E-state index >= 15 is 0 Å². The van der Waals surface area contributed by atoms with Crippen LogP contribution < -0.4 is 5.76 Å². The summed E-state index contributed by atoms with van der Waals surface area (Å²) < 4.78 is 39.0. The quantitative estimate of drug-likeness (QED) is 0.453. The zero-order valence-electron chi connectivity index (χ0n) is 16.9. The second-order valence-corrected chi connectivity index (χ2v) is 9.85. The fourth-order valence-electron chi connectivity index (χ4n) is 2.87. The van der Waals surface area contributed by atoms with Gasteiger partial charge < -0.3 is 14.1 Å². The van der Waals surface area contributed by atoms with Crippen molar-refractivity contribution in [2.45, 2.75) is 18.0 Å². The number of thiophene rings is 1. The van der Waals surface area contributed by atoms with Crippen molar-refractivity contribution in [1.82, 2.24) is 13.8 Å². The molecule has 0 atom stereocenters. The van der Waals surface area contributed by atoms with Crippen LogP contribution in [0.4, 0.5) is 0 Å². The molecule has 0 saturated heterocycles. The van der Waals surface area contributed by atoms with Gasteiger partial charge in [-0.2, -0.15) is 4.31 Å². The molecule has 2 heterocycles. The third kappa shape index (κ3) is 4.81. The highest BCUT2D eigenvalue weighted by Gasteiger charge is 2.26. The molecule has 0 bridgehead atoms. The minimum absolute atomic E-state index is 0.0179. The SMILES string of the molecule is COC(=O)Cn1c(=O)oc2cc(S(=O)(=O)N(CCN(C)C)Cc3cccs3)ccc21. The summed E-state index contributed by atoms with van der Waals surface area (Å²) in [4.78, 5) is 26.5. The normalized spacial score (nSPS) is 12.2. The van der Waals surface area contributed by atoms with Gasteiger partial charge in [0.05, 0.1) is 17.5 Å². The number of nitrogens with zero attached hydrogens (tertiary/aromatic N) is 3. The van der Waals surface area contributed by atoms with Crippen LogP contribution in [0, 0.1) is 0 Å². The molecule has 0 aliphatic carbocycles. The van der Waals surface area contributed by atoms with Crippen molar-refractivity contribution in [3.05, 3.63) is 51.1 Å². The van der Waals surface area contributed by atoms with E-state index in [1.807, 2.05) is 36.5 Å². The smallest absolute Gasteiger partial charge is 0.420 e. The molecular formula is C19H23N3O6S2. The minimum Gasteiger partial charge on any atom is -0.468 e. The Kier molecular flexibility index (Phi) is 6.76. The number of ether oxygens (including phenoxy) is 1. The average molecular weight is 454 g/mol. The molecule has 0 aliphatic heterocycles. The Morgan fingerprint density at radius 1 is 1.23 bits per heavy atom. The summed E-state index contributed by atoms with van der Waals surface area (Å²) >= 11 is 1.49. The van der Waals surface area contributed by atoms with E-state index in [0.717, 1.165) is 9.44 Å². The molecule has 9 nitrogen and oxygen atoms in total. The summed E-state index contributed by atoms with van der Waals surface area (Å²) in [6.45, 7) is 0.789. The van der Waals surface area contributed by atoms with Crippen molar-refractivity contribution >= 4 is 38.4 Å². The molecule has 2 aromatic heterocycles. The van der Waals surface area contributed by atoms with Crippen molar-refractivity contribution in [1.29, 1.82) is 0 Å². The molecule has 0 N–H and O–H groups in total. The Labute approximate surface area is 178 Å². The maximum atomic E-state index is 13.3. The number of hydrogen-bond acceptors (Lipinski definition) is 8. The second kappa shape index (κ2) is 9.13. The monoisotopic (exact) mass is 453 g/mol. The molecule has 0 unspecified atom stereocenters. The predicted octanol–water partition coefficient (Wildman–Crippen LogP) is 1.58. The lowest BCUT2D eigenvalue weighted by molar-refractivity contribution is -0.141. The summed E-state index contributed by atoms with van der Waals surface area (Å²) in [5, 5.41) is 1.90. The summed E-state index contributed by atoms with van der Waals surface area (Å²) in [6.07, 6.45) is 0. The number of carbonyl (C=O) groups is 1. The predicted molar refractivity (Wildman–Crippen MR) is 113 cm³/mol. The first-order chi connectivity index (χ1) is 14.2. The minimum atomic E-state index is -3.85. The lowest BCUT2D eigenvalue weighted by atomic mass is 10.3. The van der Waals surface area contributed by atoms with E-state index in [4.69, 9.17) is 4.42 Å². The van der Waals surface area contributed by atoms with Gasteiger partial charge in [0, 0.05) is 30.6 Å². The van der Waals surface area contributed by atoms with Gasteiger partial charge in [-0.1, -0.05) is 6.07 Å². The van der Waals surface area contributed by atoms with Crippen LogP contribution in [0.1, 0.15) is 4.88 Å². The van der Waals surface area contributed by atoms with Crippen molar-refractivity contribution in [3.8, 4) is 0 Å². The Hall–Kier alpha value is -2.47. The van der Waals surface area contributed by atoms with Crippen LogP contribution in [0.15, 0.2) is 49.8 Å².